The number of thiocarbonyl (C=S) groups is 1. The number of carbonyl (C=O) groups is 1. The average molecular weight is 337 g/mol. The number of para-hydroxylation sites is 2. The Morgan fingerprint density at radius 1 is 1.23 bits per heavy atom. The van der Waals surface area contributed by atoms with Crippen LogP contribution in [0.5, 0.6) is 5.75 Å². The highest BCUT2D eigenvalue weighted by atomic mass is 32.1. The quantitative estimate of drug-likeness (QED) is 0.472. The van der Waals surface area contributed by atoms with Crippen molar-refractivity contribution >= 4 is 29.1 Å². The van der Waals surface area contributed by atoms with Crippen molar-refractivity contribution in [1.82, 2.24) is 10.6 Å². The van der Waals surface area contributed by atoms with Gasteiger partial charge in [-0.1, -0.05) is 12.1 Å². The van der Waals surface area contributed by atoms with Crippen LogP contribution in [-0.2, 0) is 0 Å². The molecule has 0 saturated heterocycles. The van der Waals surface area contributed by atoms with Gasteiger partial charge < -0.3 is 25.8 Å². The molecule has 22 heavy (non-hydrogen) atoms. The van der Waals surface area contributed by atoms with Gasteiger partial charge >= 0.3 is 12.5 Å². The molecule has 10 heteroatoms. The van der Waals surface area contributed by atoms with Crippen molar-refractivity contribution in [1.29, 1.82) is 0 Å². The topological polar surface area (TPSA) is 82.6 Å². The number of alkyl halides is 3. The molecule has 0 spiro atoms. The number of benzene rings is 1. The third-order valence-corrected chi connectivity index (χ3v) is 2.52. The Morgan fingerprint density at radius 2 is 1.86 bits per heavy atom. The lowest BCUT2D eigenvalue weighted by Crippen LogP contribution is -2.32. The van der Waals surface area contributed by atoms with Gasteiger partial charge in [-0.25, -0.2) is 4.79 Å². The fourth-order valence-electron chi connectivity index (χ4n) is 1.44. The summed E-state index contributed by atoms with van der Waals surface area (Å²) in [5, 5.41) is 16.0. The zero-order chi connectivity index (χ0) is 16.6. The van der Waals surface area contributed by atoms with Crippen molar-refractivity contribution in [3.05, 3.63) is 24.3 Å². The summed E-state index contributed by atoms with van der Waals surface area (Å²) in [5.41, 5.74) is 0.0704. The molecule has 0 aliphatic heterocycles. The Kier molecular flexibility index (Phi) is 6.70. The Balaban J connectivity index is 2.46. The maximum absolute atomic E-state index is 12.3. The van der Waals surface area contributed by atoms with Crippen molar-refractivity contribution in [2.45, 2.75) is 12.8 Å². The van der Waals surface area contributed by atoms with Crippen LogP contribution in [0.4, 0.5) is 23.7 Å². The van der Waals surface area contributed by atoms with Crippen molar-refractivity contribution in [3.63, 3.8) is 0 Å². The van der Waals surface area contributed by atoms with Crippen molar-refractivity contribution in [2.24, 2.45) is 0 Å². The van der Waals surface area contributed by atoms with Crippen LogP contribution in [0.3, 0.4) is 0 Å². The summed E-state index contributed by atoms with van der Waals surface area (Å²) in [6, 6.07) is 5.49. The van der Waals surface area contributed by atoms with Crippen LogP contribution >= 0.6 is 12.2 Å². The Morgan fingerprint density at radius 3 is 2.50 bits per heavy atom. The second-order valence-corrected chi connectivity index (χ2v) is 4.42. The number of amides is 1. The van der Waals surface area contributed by atoms with Crippen LogP contribution < -0.4 is 20.7 Å². The number of halogens is 3. The van der Waals surface area contributed by atoms with Gasteiger partial charge in [0.2, 0.25) is 0 Å². The molecule has 1 aromatic carbocycles. The Labute approximate surface area is 129 Å². The smallest absolute Gasteiger partial charge is 0.465 e. The molecule has 0 unspecified atom stereocenters. The van der Waals surface area contributed by atoms with E-state index in [1.165, 1.54) is 18.2 Å². The molecule has 0 heterocycles. The van der Waals surface area contributed by atoms with Gasteiger partial charge in [-0.15, -0.1) is 13.2 Å². The second kappa shape index (κ2) is 8.27. The predicted octanol–water partition coefficient (Wildman–Crippen LogP) is 2.53. The van der Waals surface area contributed by atoms with E-state index in [1.54, 1.807) is 0 Å². The molecular weight excluding hydrogens is 323 g/mol. The SMILES string of the molecule is O=C(O)NCCCNC(=S)Nc1ccccc1OC(F)(F)F. The van der Waals surface area contributed by atoms with Gasteiger partial charge in [-0.3, -0.25) is 0 Å². The van der Waals surface area contributed by atoms with E-state index in [2.05, 4.69) is 20.7 Å². The highest BCUT2D eigenvalue weighted by molar-refractivity contribution is 7.80. The molecular formula is C12H14F3N3O3S. The highest BCUT2D eigenvalue weighted by Gasteiger charge is 2.32. The van der Waals surface area contributed by atoms with E-state index in [-0.39, 0.29) is 17.3 Å². The number of nitrogens with one attached hydrogen (secondary N) is 3. The minimum Gasteiger partial charge on any atom is -0.465 e. The van der Waals surface area contributed by atoms with E-state index in [0.29, 0.717) is 13.0 Å². The molecule has 0 radical (unpaired) electrons. The minimum absolute atomic E-state index is 0.0704. The van der Waals surface area contributed by atoms with Gasteiger partial charge in [-0.2, -0.15) is 0 Å². The summed E-state index contributed by atoms with van der Waals surface area (Å²) in [6.07, 6.45) is -5.46. The molecule has 0 aliphatic rings. The highest BCUT2D eigenvalue weighted by Crippen LogP contribution is 2.29. The number of anilines is 1. The fourth-order valence-corrected chi connectivity index (χ4v) is 1.65. The standard InChI is InChI=1S/C12H14F3N3O3S/c13-12(14,15)21-9-5-2-1-4-8(9)18-10(22)16-6-3-7-17-11(19)20/h1-2,4-5,17H,3,6-7H2,(H,19,20)(H2,16,18,22). The van der Waals surface area contributed by atoms with Crippen LogP contribution in [0.2, 0.25) is 0 Å². The number of rotatable bonds is 6. The third-order valence-electron chi connectivity index (χ3n) is 2.28. The summed E-state index contributed by atoms with van der Waals surface area (Å²) in [5.74, 6) is -0.397. The molecule has 1 rings (SSSR count). The van der Waals surface area contributed by atoms with Crippen LogP contribution in [0.1, 0.15) is 6.42 Å². The van der Waals surface area contributed by atoms with Gasteiger partial charge in [-0.05, 0) is 30.8 Å². The van der Waals surface area contributed by atoms with Crippen molar-refractivity contribution in [3.8, 4) is 5.75 Å². The predicted molar refractivity (Wildman–Crippen MR) is 78.0 cm³/mol. The molecule has 0 fully saturated rings. The number of ether oxygens (including phenoxy) is 1. The fraction of sp³-hybridized carbons (Fsp3) is 0.333. The average Bonchev–Trinajstić information content (AvgIpc) is 2.38. The van der Waals surface area contributed by atoms with E-state index in [9.17, 15) is 18.0 Å². The minimum atomic E-state index is -4.80. The van der Waals surface area contributed by atoms with Crippen molar-refractivity contribution in [2.75, 3.05) is 18.4 Å². The monoisotopic (exact) mass is 337 g/mol. The van der Waals surface area contributed by atoms with Crippen LogP contribution in [0, 0.1) is 0 Å². The zero-order valence-electron chi connectivity index (χ0n) is 11.2. The molecule has 0 atom stereocenters. The van der Waals surface area contributed by atoms with Gasteiger partial charge in [0.25, 0.3) is 0 Å². The molecule has 122 valence electrons. The first-order valence-corrected chi connectivity index (χ1v) is 6.55. The van der Waals surface area contributed by atoms with Crippen LogP contribution in [0.25, 0.3) is 0 Å². The molecule has 0 aromatic heterocycles. The van der Waals surface area contributed by atoms with E-state index in [1.807, 2.05) is 0 Å². The summed E-state index contributed by atoms with van der Waals surface area (Å²) in [6.45, 7) is 0.590. The van der Waals surface area contributed by atoms with E-state index in [4.69, 9.17) is 17.3 Å². The first kappa shape index (κ1) is 17.8. The summed E-state index contributed by atoms with van der Waals surface area (Å²) >= 11 is 4.94. The Hall–Kier alpha value is -2.23. The maximum atomic E-state index is 12.3. The number of hydrogen-bond acceptors (Lipinski definition) is 3. The van der Waals surface area contributed by atoms with Gasteiger partial charge in [0.15, 0.2) is 10.9 Å². The van der Waals surface area contributed by atoms with E-state index >= 15 is 0 Å². The Bertz CT molecular complexity index is 526. The normalized spacial score (nSPS) is 10.7. The third kappa shape index (κ3) is 7.53. The molecule has 1 aromatic rings. The second-order valence-electron chi connectivity index (χ2n) is 4.01. The zero-order valence-corrected chi connectivity index (χ0v) is 12.1. The molecule has 0 saturated carbocycles. The molecule has 0 aliphatic carbocycles. The molecule has 4 N–H and O–H groups in total. The van der Waals surface area contributed by atoms with Gasteiger partial charge in [0.05, 0.1) is 5.69 Å². The maximum Gasteiger partial charge on any atom is 0.573 e. The van der Waals surface area contributed by atoms with Crippen LogP contribution in [0.15, 0.2) is 24.3 Å². The molecule has 1 amide bonds. The lowest BCUT2D eigenvalue weighted by Gasteiger charge is -2.15. The lowest BCUT2D eigenvalue weighted by atomic mass is 10.3. The van der Waals surface area contributed by atoms with Crippen molar-refractivity contribution < 1.29 is 27.8 Å². The number of hydrogen-bond donors (Lipinski definition) is 4. The first-order chi connectivity index (χ1) is 10.3. The first-order valence-electron chi connectivity index (χ1n) is 6.14. The van der Waals surface area contributed by atoms with Gasteiger partial charge in [0, 0.05) is 13.1 Å². The van der Waals surface area contributed by atoms with Crippen LogP contribution in [-0.4, -0.2) is 35.8 Å². The largest absolute Gasteiger partial charge is 0.573 e. The van der Waals surface area contributed by atoms with E-state index in [0.717, 1.165) is 6.07 Å². The summed E-state index contributed by atoms with van der Waals surface area (Å²) in [7, 11) is 0. The number of carboxylic acid groups (broad SMARTS) is 1. The summed E-state index contributed by atoms with van der Waals surface area (Å²) < 4.78 is 40.7. The lowest BCUT2D eigenvalue weighted by molar-refractivity contribution is -0.274. The van der Waals surface area contributed by atoms with E-state index < -0.39 is 18.2 Å². The molecule has 6 nitrogen and oxygen atoms in total. The molecule has 0 bridgehead atoms. The van der Waals surface area contributed by atoms with Gasteiger partial charge in [0.1, 0.15) is 0 Å². The summed E-state index contributed by atoms with van der Waals surface area (Å²) in [4.78, 5) is 10.2.